The van der Waals surface area contributed by atoms with Crippen LogP contribution in [0.25, 0.3) is 33.3 Å². The summed E-state index contributed by atoms with van der Waals surface area (Å²) >= 11 is 1.08. The van der Waals surface area contributed by atoms with E-state index in [1.54, 1.807) is 12.3 Å². The van der Waals surface area contributed by atoms with Crippen LogP contribution in [0, 0.1) is 10.1 Å². The van der Waals surface area contributed by atoms with Crippen LogP contribution >= 0.6 is 11.3 Å². The minimum atomic E-state index is -0.405. The van der Waals surface area contributed by atoms with Crippen LogP contribution in [0.4, 0.5) is 10.7 Å². The number of rotatable bonds is 4. The van der Waals surface area contributed by atoms with E-state index in [1.807, 2.05) is 36.4 Å². The smallest absolute Gasteiger partial charge is 0.324 e. The molecule has 0 aliphatic carbocycles. The van der Waals surface area contributed by atoms with Crippen molar-refractivity contribution in [2.24, 2.45) is 4.99 Å². The second kappa shape index (κ2) is 6.96. The Morgan fingerprint density at radius 3 is 2.69 bits per heavy atom. The molecule has 5 rings (SSSR count). The van der Waals surface area contributed by atoms with Crippen LogP contribution in [0.3, 0.4) is 0 Å². The number of fused-ring (bicyclic) bond motifs is 2. The second-order valence-electron chi connectivity index (χ2n) is 6.42. The van der Waals surface area contributed by atoms with Gasteiger partial charge in [-0.3, -0.25) is 15.1 Å². The molecule has 0 aliphatic heterocycles. The van der Waals surface area contributed by atoms with Gasteiger partial charge in [-0.05, 0) is 47.2 Å². The van der Waals surface area contributed by atoms with Crippen LogP contribution in [0.2, 0.25) is 0 Å². The molecule has 0 radical (unpaired) electrons. The minimum Gasteiger partial charge on any atom is -0.436 e. The Hall–Kier alpha value is -3.84. The highest BCUT2D eigenvalue weighted by Crippen LogP contribution is 2.29. The summed E-state index contributed by atoms with van der Waals surface area (Å²) in [6.45, 7) is 0. The van der Waals surface area contributed by atoms with E-state index >= 15 is 0 Å². The van der Waals surface area contributed by atoms with Gasteiger partial charge in [0.1, 0.15) is 5.52 Å². The number of aliphatic imine (C=N–C) groups is 1. The monoisotopic (exact) mass is 399 g/mol. The Morgan fingerprint density at radius 1 is 1.00 bits per heavy atom. The lowest BCUT2D eigenvalue weighted by molar-refractivity contribution is -0.380. The maximum Gasteiger partial charge on any atom is 0.324 e. The van der Waals surface area contributed by atoms with Gasteiger partial charge in [0.25, 0.3) is 0 Å². The molecule has 29 heavy (non-hydrogen) atoms. The number of thiophene rings is 1. The highest BCUT2D eigenvalue weighted by molar-refractivity contribution is 7.16. The summed E-state index contributed by atoms with van der Waals surface area (Å²) in [6, 6.07) is 22.9. The predicted octanol–water partition coefficient (Wildman–Crippen LogP) is 6.37. The molecular formula is C22H13N3O3S. The number of benzene rings is 3. The third kappa shape index (κ3) is 3.39. The van der Waals surface area contributed by atoms with Crippen molar-refractivity contribution in [2.75, 3.05) is 0 Å². The molecule has 140 valence electrons. The first-order chi connectivity index (χ1) is 14.2. The van der Waals surface area contributed by atoms with Crippen molar-refractivity contribution in [1.29, 1.82) is 0 Å². The molecule has 0 saturated heterocycles. The van der Waals surface area contributed by atoms with Crippen molar-refractivity contribution < 1.29 is 9.34 Å². The van der Waals surface area contributed by atoms with E-state index in [2.05, 4.69) is 34.2 Å². The fourth-order valence-corrected chi connectivity index (χ4v) is 3.78. The van der Waals surface area contributed by atoms with Crippen LogP contribution in [-0.4, -0.2) is 16.1 Å². The molecule has 5 aromatic rings. The molecule has 7 heteroatoms. The number of hydrogen-bond acceptors (Lipinski definition) is 6. The predicted molar refractivity (Wildman–Crippen MR) is 115 cm³/mol. The molecule has 0 bridgehead atoms. The van der Waals surface area contributed by atoms with Crippen LogP contribution < -0.4 is 0 Å². The average Bonchev–Trinajstić information content (AvgIpc) is 3.38. The minimum absolute atomic E-state index is 0.0958. The molecule has 0 fully saturated rings. The number of aromatic nitrogens is 1. The molecule has 0 unspecified atom stereocenters. The molecule has 6 nitrogen and oxygen atoms in total. The molecular weight excluding hydrogens is 386 g/mol. The summed E-state index contributed by atoms with van der Waals surface area (Å²) in [4.78, 5) is 20.1. The van der Waals surface area contributed by atoms with Gasteiger partial charge in [0.2, 0.25) is 5.89 Å². The van der Waals surface area contributed by atoms with E-state index in [0.717, 1.165) is 27.7 Å². The molecule has 0 amide bonds. The Morgan fingerprint density at radius 2 is 1.86 bits per heavy atom. The van der Waals surface area contributed by atoms with E-state index in [1.165, 1.54) is 6.07 Å². The molecule has 0 N–H and O–H groups in total. The average molecular weight is 399 g/mol. The van der Waals surface area contributed by atoms with Crippen LogP contribution in [0.1, 0.15) is 4.88 Å². The highest BCUT2D eigenvalue weighted by Gasteiger charge is 2.10. The van der Waals surface area contributed by atoms with E-state index in [0.29, 0.717) is 27.6 Å². The summed E-state index contributed by atoms with van der Waals surface area (Å²) in [5.41, 5.74) is 3.00. The highest BCUT2D eigenvalue weighted by atomic mass is 32.1. The molecule has 2 aromatic heterocycles. The summed E-state index contributed by atoms with van der Waals surface area (Å²) in [5, 5.41) is 13.2. The van der Waals surface area contributed by atoms with Gasteiger partial charge in [-0.2, -0.15) is 0 Å². The van der Waals surface area contributed by atoms with Gasteiger partial charge in [-0.1, -0.05) is 41.7 Å². The lowest BCUT2D eigenvalue weighted by Gasteiger charge is -1.99. The Bertz CT molecular complexity index is 1400. The van der Waals surface area contributed by atoms with Gasteiger partial charge in [0.05, 0.1) is 15.5 Å². The Balaban J connectivity index is 1.46. The lowest BCUT2D eigenvalue weighted by Crippen LogP contribution is -1.80. The van der Waals surface area contributed by atoms with Crippen molar-refractivity contribution in [2.45, 2.75) is 0 Å². The van der Waals surface area contributed by atoms with Gasteiger partial charge in [-0.15, -0.1) is 0 Å². The third-order valence-electron chi connectivity index (χ3n) is 4.50. The number of oxazole rings is 1. The largest absolute Gasteiger partial charge is 0.436 e. The molecule has 0 aliphatic rings. The maximum atomic E-state index is 10.8. The Labute approximate surface area is 168 Å². The number of nitrogens with zero attached hydrogens (tertiary/aromatic N) is 3. The normalized spacial score (nSPS) is 11.6. The van der Waals surface area contributed by atoms with Crippen LogP contribution in [0.5, 0.6) is 0 Å². The quantitative estimate of drug-likeness (QED) is 0.200. The molecule has 2 heterocycles. The van der Waals surface area contributed by atoms with E-state index in [9.17, 15) is 10.1 Å². The lowest BCUT2D eigenvalue weighted by atomic mass is 10.1. The topological polar surface area (TPSA) is 81.5 Å². The first-order valence-electron chi connectivity index (χ1n) is 8.84. The zero-order chi connectivity index (χ0) is 19.8. The number of nitro groups is 1. The van der Waals surface area contributed by atoms with E-state index in [-0.39, 0.29) is 5.00 Å². The standard InChI is InChI=1S/C22H13N3O3S/c26-25(27)21-10-8-18(29-21)13-23-17-7-9-20-19(12-17)24-22(28-20)16-6-5-14-3-1-2-4-15(14)11-16/h1-13H. The van der Waals surface area contributed by atoms with E-state index < -0.39 is 4.92 Å². The fraction of sp³-hybridized carbons (Fsp3) is 0. The molecule has 0 atom stereocenters. The summed E-state index contributed by atoms with van der Waals surface area (Å²) in [7, 11) is 0. The third-order valence-corrected chi connectivity index (χ3v) is 5.47. The maximum absolute atomic E-state index is 10.8. The zero-order valence-electron chi connectivity index (χ0n) is 15.0. The summed E-state index contributed by atoms with van der Waals surface area (Å²) < 4.78 is 5.91. The van der Waals surface area contributed by atoms with Crippen molar-refractivity contribution in [1.82, 2.24) is 4.98 Å². The van der Waals surface area contributed by atoms with Crippen LogP contribution in [-0.2, 0) is 0 Å². The summed E-state index contributed by atoms with van der Waals surface area (Å²) in [6.07, 6.45) is 1.61. The van der Waals surface area contributed by atoms with Gasteiger partial charge in [0, 0.05) is 17.8 Å². The fourth-order valence-electron chi connectivity index (χ4n) is 3.09. The first-order valence-corrected chi connectivity index (χ1v) is 9.65. The van der Waals surface area contributed by atoms with E-state index in [4.69, 9.17) is 4.42 Å². The van der Waals surface area contributed by atoms with Crippen molar-refractivity contribution in [3.05, 3.63) is 87.8 Å². The second-order valence-corrected chi connectivity index (χ2v) is 7.52. The number of hydrogen-bond donors (Lipinski definition) is 0. The summed E-state index contributed by atoms with van der Waals surface area (Å²) in [5.74, 6) is 0.556. The van der Waals surface area contributed by atoms with Gasteiger partial charge >= 0.3 is 5.00 Å². The Kier molecular flexibility index (Phi) is 4.14. The van der Waals surface area contributed by atoms with Gasteiger partial charge in [0.15, 0.2) is 5.58 Å². The SMILES string of the molecule is O=[N+]([O-])c1ccc(C=Nc2ccc3oc(-c4ccc5ccccc5c4)nc3c2)s1. The van der Waals surface area contributed by atoms with Gasteiger partial charge in [-0.25, -0.2) is 4.98 Å². The van der Waals surface area contributed by atoms with Crippen molar-refractivity contribution in [3.8, 4) is 11.5 Å². The van der Waals surface area contributed by atoms with Gasteiger partial charge < -0.3 is 4.42 Å². The first kappa shape index (κ1) is 17.3. The molecule has 0 spiro atoms. The van der Waals surface area contributed by atoms with Crippen LogP contribution in [0.15, 0.2) is 82.2 Å². The molecule has 3 aromatic carbocycles. The molecule has 0 saturated carbocycles. The zero-order valence-corrected chi connectivity index (χ0v) is 15.8. The van der Waals surface area contributed by atoms with Crippen molar-refractivity contribution >= 4 is 50.1 Å². The van der Waals surface area contributed by atoms with Crippen molar-refractivity contribution in [3.63, 3.8) is 0 Å².